The summed E-state index contributed by atoms with van der Waals surface area (Å²) in [5, 5.41) is 3.12. The van der Waals surface area contributed by atoms with Gasteiger partial charge in [-0.1, -0.05) is 28.1 Å². The maximum absolute atomic E-state index is 11.9. The van der Waals surface area contributed by atoms with Crippen molar-refractivity contribution >= 4 is 21.8 Å². The Kier molecular flexibility index (Phi) is 4.18. The van der Waals surface area contributed by atoms with Crippen molar-refractivity contribution in [3.63, 3.8) is 0 Å². The summed E-state index contributed by atoms with van der Waals surface area (Å²) in [4.78, 5) is 13.7. The van der Waals surface area contributed by atoms with Gasteiger partial charge in [0.2, 0.25) is 5.91 Å². The molecule has 1 fully saturated rings. The monoisotopic (exact) mass is 296 g/mol. The average molecular weight is 297 g/mol. The van der Waals surface area contributed by atoms with Crippen LogP contribution in [0.5, 0.6) is 0 Å². The lowest BCUT2D eigenvalue weighted by atomic mass is 10.0. The number of hydrogen-bond acceptors (Lipinski definition) is 2. The zero-order chi connectivity index (χ0) is 12.3. The molecule has 17 heavy (non-hydrogen) atoms. The van der Waals surface area contributed by atoms with Crippen molar-refractivity contribution in [2.75, 3.05) is 26.7 Å². The Morgan fingerprint density at radius 1 is 1.53 bits per heavy atom. The van der Waals surface area contributed by atoms with E-state index in [1.165, 1.54) is 5.56 Å². The third-order valence-corrected chi connectivity index (χ3v) is 3.63. The Morgan fingerprint density at radius 2 is 2.29 bits per heavy atom. The molecule has 1 heterocycles. The SMILES string of the molecule is CN(CCc1cccc(Br)c1)C(=O)C1CNC1. The van der Waals surface area contributed by atoms with E-state index >= 15 is 0 Å². The van der Waals surface area contributed by atoms with Gasteiger partial charge in [-0.3, -0.25) is 4.79 Å². The molecule has 0 aliphatic carbocycles. The van der Waals surface area contributed by atoms with Gasteiger partial charge in [-0.25, -0.2) is 0 Å². The van der Waals surface area contributed by atoms with Crippen molar-refractivity contribution < 1.29 is 4.79 Å². The predicted octanol–water partition coefficient (Wildman–Crippen LogP) is 1.67. The molecule has 3 nitrogen and oxygen atoms in total. The first-order chi connectivity index (χ1) is 8.16. The second-order valence-corrected chi connectivity index (χ2v) is 5.41. The molecule has 1 amide bonds. The van der Waals surface area contributed by atoms with Crippen LogP contribution in [-0.4, -0.2) is 37.5 Å². The number of amides is 1. The van der Waals surface area contributed by atoms with E-state index in [9.17, 15) is 4.79 Å². The Hall–Kier alpha value is -0.870. The zero-order valence-electron chi connectivity index (χ0n) is 9.95. The van der Waals surface area contributed by atoms with Gasteiger partial charge in [0.15, 0.2) is 0 Å². The number of benzene rings is 1. The number of halogens is 1. The summed E-state index contributed by atoms with van der Waals surface area (Å²) in [5.74, 6) is 0.459. The molecule has 1 aromatic rings. The highest BCUT2D eigenvalue weighted by Gasteiger charge is 2.27. The number of likely N-dealkylation sites (N-methyl/N-ethyl adjacent to an activating group) is 1. The molecule has 0 radical (unpaired) electrons. The van der Waals surface area contributed by atoms with Crippen LogP contribution in [0.1, 0.15) is 5.56 Å². The van der Waals surface area contributed by atoms with Gasteiger partial charge in [0, 0.05) is 31.2 Å². The Morgan fingerprint density at radius 3 is 2.88 bits per heavy atom. The second kappa shape index (κ2) is 5.65. The minimum Gasteiger partial charge on any atom is -0.345 e. The standard InChI is InChI=1S/C13H17BrN2O/c1-16(13(17)11-8-15-9-11)6-5-10-3-2-4-12(14)7-10/h2-4,7,11,15H,5-6,8-9H2,1H3. The lowest BCUT2D eigenvalue weighted by Gasteiger charge is -2.30. The molecule has 1 aromatic carbocycles. The van der Waals surface area contributed by atoms with Crippen molar-refractivity contribution in [3.8, 4) is 0 Å². The first-order valence-corrected chi connectivity index (χ1v) is 6.66. The molecule has 0 aromatic heterocycles. The van der Waals surface area contributed by atoms with Crippen LogP contribution in [0.2, 0.25) is 0 Å². The summed E-state index contributed by atoms with van der Waals surface area (Å²) in [5.41, 5.74) is 1.26. The number of carbonyl (C=O) groups excluding carboxylic acids is 1. The van der Waals surface area contributed by atoms with Gasteiger partial charge in [-0.2, -0.15) is 0 Å². The number of nitrogens with one attached hydrogen (secondary N) is 1. The van der Waals surface area contributed by atoms with Crippen molar-refractivity contribution in [3.05, 3.63) is 34.3 Å². The molecular weight excluding hydrogens is 280 g/mol. The number of rotatable bonds is 4. The van der Waals surface area contributed by atoms with Gasteiger partial charge in [0.25, 0.3) is 0 Å². The van der Waals surface area contributed by atoms with E-state index in [1.54, 1.807) is 0 Å². The smallest absolute Gasteiger partial charge is 0.228 e. The fourth-order valence-corrected chi connectivity index (χ4v) is 2.32. The Balaban J connectivity index is 1.83. The Labute approximate surface area is 110 Å². The van der Waals surface area contributed by atoms with Crippen LogP contribution in [0, 0.1) is 5.92 Å². The molecule has 1 aliphatic heterocycles. The lowest BCUT2D eigenvalue weighted by Crippen LogP contribution is -2.51. The van der Waals surface area contributed by atoms with Gasteiger partial charge in [0.05, 0.1) is 5.92 Å². The van der Waals surface area contributed by atoms with E-state index in [1.807, 2.05) is 24.1 Å². The fourth-order valence-electron chi connectivity index (χ4n) is 1.87. The molecule has 1 saturated heterocycles. The summed E-state index contributed by atoms with van der Waals surface area (Å²) >= 11 is 3.45. The van der Waals surface area contributed by atoms with Crippen LogP contribution in [0.3, 0.4) is 0 Å². The van der Waals surface area contributed by atoms with Crippen LogP contribution in [0.15, 0.2) is 28.7 Å². The number of carbonyl (C=O) groups is 1. The van der Waals surface area contributed by atoms with Gasteiger partial charge in [0.1, 0.15) is 0 Å². The van der Waals surface area contributed by atoms with E-state index in [0.717, 1.165) is 30.5 Å². The highest BCUT2D eigenvalue weighted by Crippen LogP contribution is 2.13. The van der Waals surface area contributed by atoms with Gasteiger partial charge in [-0.05, 0) is 24.1 Å². The molecule has 0 spiro atoms. The summed E-state index contributed by atoms with van der Waals surface area (Å²) < 4.78 is 1.09. The number of nitrogens with zero attached hydrogens (tertiary/aromatic N) is 1. The van der Waals surface area contributed by atoms with E-state index in [0.29, 0.717) is 0 Å². The maximum atomic E-state index is 11.9. The lowest BCUT2D eigenvalue weighted by molar-refractivity contribution is -0.135. The van der Waals surface area contributed by atoms with Crippen LogP contribution < -0.4 is 5.32 Å². The quantitative estimate of drug-likeness (QED) is 0.917. The molecule has 0 saturated carbocycles. The summed E-state index contributed by atoms with van der Waals surface area (Å²) in [6.45, 7) is 2.45. The van der Waals surface area contributed by atoms with E-state index < -0.39 is 0 Å². The van der Waals surface area contributed by atoms with Crippen LogP contribution in [-0.2, 0) is 11.2 Å². The third kappa shape index (κ3) is 3.30. The van der Waals surface area contributed by atoms with Crippen molar-refractivity contribution in [2.45, 2.75) is 6.42 Å². The molecular formula is C13H17BrN2O. The average Bonchev–Trinajstić information content (AvgIpc) is 2.23. The maximum Gasteiger partial charge on any atom is 0.228 e. The van der Waals surface area contributed by atoms with E-state index in [-0.39, 0.29) is 11.8 Å². The first kappa shape index (κ1) is 12.6. The third-order valence-electron chi connectivity index (χ3n) is 3.13. The first-order valence-electron chi connectivity index (χ1n) is 5.87. The zero-order valence-corrected chi connectivity index (χ0v) is 11.5. The van der Waals surface area contributed by atoms with Gasteiger partial charge in [-0.15, -0.1) is 0 Å². The predicted molar refractivity (Wildman–Crippen MR) is 71.8 cm³/mol. The number of hydrogen-bond donors (Lipinski definition) is 1. The topological polar surface area (TPSA) is 32.3 Å². The Bertz CT molecular complexity index is 404. The molecule has 1 aliphatic rings. The van der Waals surface area contributed by atoms with Crippen molar-refractivity contribution in [2.24, 2.45) is 5.92 Å². The summed E-state index contributed by atoms with van der Waals surface area (Å²) in [6.07, 6.45) is 0.905. The normalized spacial score (nSPS) is 15.4. The van der Waals surface area contributed by atoms with E-state index in [4.69, 9.17) is 0 Å². The molecule has 0 bridgehead atoms. The van der Waals surface area contributed by atoms with Crippen molar-refractivity contribution in [1.82, 2.24) is 10.2 Å². The summed E-state index contributed by atoms with van der Waals surface area (Å²) in [6, 6.07) is 8.23. The largest absolute Gasteiger partial charge is 0.345 e. The highest BCUT2D eigenvalue weighted by atomic mass is 79.9. The minimum atomic E-state index is 0.197. The molecule has 92 valence electrons. The van der Waals surface area contributed by atoms with Gasteiger partial charge < -0.3 is 10.2 Å². The molecule has 0 atom stereocenters. The van der Waals surface area contributed by atoms with E-state index in [2.05, 4.69) is 33.4 Å². The van der Waals surface area contributed by atoms with Crippen molar-refractivity contribution in [1.29, 1.82) is 0 Å². The second-order valence-electron chi connectivity index (χ2n) is 4.49. The summed E-state index contributed by atoms with van der Waals surface area (Å²) in [7, 11) is 1.89. The fraction of sp³-hybridized carbons (Fsp3) is 0.462. The van der Waals surface area contributed by atoms with Crippen LogP contribution in [0.25, 0.3) is 0 Å². The van der Waals surface area contributed by atoms with Crippen LogP contribution >= 0.6 is 15.9 Å². The minimum absolute atomic E-state index is 0.197. The highest BCUT2D eigenvalue weighted by molar-refractivity contribution is 9.10. The molecule has 4 heteroatoms. The van der Waals surface area contributed by atoms with Gasteiger partial charge >= 0.3 is 0 Å². The van der Waals surface area contributed by atoms with Crippen LogP contribution in [0.4, 0.5) is 0 Å². The molecule has 0 unspecified atom stereocenters. The molecule has 1 N–H and O–H groups in total. The molecule has 2 rings (SSSR count).